The molecule has 1 aromatic carbocycles. The topological polar surface area (TPSA) is 49.9 Å². The molecule has 1 aromatic heterocycles. The second kappa shape index (κ2) is 5.08. The molecular formula is C14H19N3O. The number of hydrogen-bond acceptors (Lipinski definition) is 3. The summed E-state index contributed by atoms with van der Waals surface area (Å²) in [6.07, 6.45) is 2.70. The van der Waals surface area contributed by atoms with Gasteiger partial charge in [0, 0.05) is 12.6 Å². The number of rotatable bonds is 5. The van der Waals surface area contributed by atoms with Crippen LogP contribution >= 0.6 is 0 Å². The van der Waals surface area contributed by atoms with Gasteiger partial charge in [-0.25, -0.2) is 4.98 Å². The maximum atomic E-state index is 5.54. The van der Waals surface area contributed by atoms with Crippen molar-refractivity contribution >= 4 is 11.0 Å². The van der Waals surface area contributed by atoms with E-state index in [-0.39, 0.29) is 0 Å². The maximum absolute atomic E-state index is 5.54. The quantitative estimate of drug-likeness (QED) is 0.849. The van der Waals surface area contributed by atoms with Crippen molar-refractivity contribution in [1.29, 1.82) is 0 Å². The predicted molar refractivity (Wildman–Crippen MR) is 71.4 cm³/mol. The van der Waals surface area contributed by atoms with Crippen molar-refractivity contribution in [2.45, 2.75) is 38.5 Å². The van der Waals surface area contributed by atoms with Crippen LogP contribution in [-0.2, 0) is 11.3 Å². The summed E-state index contributed by atoms with van der Waals surface area (Å²) in [4.78, 5) is 7.88. The molecule has 1 heterocycles. The summed E-state index contributed by atoms with van der Waals surface area (Å²) in [7, 11) is 0. The summed E-state index contributed by atoms with van der Waals surface area (Å²) in [5, 5.41) is 3.51. The van der Waals surface area contributed by atoms with Crippen molar-refractivity contribution in [2.24, 2.45) is 0 Å². The van der Waals surface area contributed by atoms with Crippen LogP contribution in [0.25, 0.3) is 11.0 Å². The Morgan fingerprint density at radius 1 is 1.39 bits per heavy atom. The fraction of sp³-hybridized carbons (Fsp3) is 0.500. The number of nitrogens with zero attached hydrogens (tertiary/aromatic N) is 1. The fourth-order valence-electron chi connectivity index (χ4n) is 2.43. The van der Waals surface area contributed by atoms with Gasteiger partial charge in [-0.05, 0) is 31.9 Å². The number of aromatic amines is 1. The van der Waals surface area contributed by atoms with Crippen LogP contribution in [0.2, 0.25) is 0 Å². The number of hydrogen-bond donors (Lipinski definition) is 2. The largest absolute Gasteiger partial charge is 0.378 e. The van der Waals surface area contributed by atoms with Gasteiger partial charge in [0.05, 0.1) is 23.7 Å². The molecule has 0 radical (unpaired) electrons. The molecule has 1 saturated carbocycles. The highest BCUT2D eigenvalue weighted by Gasteiger charge is 2.28. The number of benzene rings is 1. The highest BCUT2D eigenvalue weighted by Crippen LogP contribution is 2.23. The van der Waals surface area contributed by atoms with E-state index in [0.29, 0.717) is 12.1 Å². The Bertz CT molecular complexity index is 483. The Hall–Kier alpha value is -1.39. The molecule has 1 aliphatic carbocycles. The van der Waals surface area contributed by atoms with Crippen molar-refractivity contribution < 1.29 is 4.74 Å². The fourth-order valence-corrected chi connectivity index (χ4v) is 2.43. The maximum Gasteiger partial charge on any atom is 0.121 e. The van der Waals surface area contributed by atoms with Gasteiger partial charge in [-0.15, -0.1) is 0 Å². The lowest BCUT2D eigenvalue weighted by atomic mass is 9.89. The Kier molecular flexibility index (Phi) is 3.30. The Morgan fingerprint density at radius 2 is 2.22 bits per heavy atom. The van der Waals surface area contributed by atoms with Gasteiger partial charge in [-0.2, -0.15) is 0 Å². The molecule has 0 saturated heterocycles. The van der Waals surface area contributed by atoms with Crippen molar-refractivity contribution in [3.8, 4) is 0 Å². The lowest BCUT2D eigenvalue weighted by Crippen LogP contribution is -2.45. The Morgan fingerprint density at radius 3 is 3.00 bits per heavy atom. The van der Waals surface area contributed by atoms with E-state index in [1.165, 1.54) is 0 Å². The summed E-state index contributed by atoms with van der Waals surface area (Å²) in [6.45, 7) is 3.67. The van der Waals surface area contributed by atoms with Crippen LogP contribution in [-0.4, -0.2) is 28.7 Å². The van der Waals surface area contributed by atoms with Gasteiger partial charge >= 0.3 is 0 Å². The molecule has 1 fully saturated rings. The molecule has 3 rings (SSSR count). The minimum atomic E-state index is 0.461. The van der Waals surface area contributed by atoms with Gasteiger partial charge in [-0.1, -0.05) is 12.1 Å². The summed E-state index contributed by atoms with van der Waals surface area (Å²) >= 11 is 0. The van der Waals surface area contributed by atoms with Gasteiger partial charge in [0.25, 0.3) is 0 Å². The number of fused-ring (bicyclic) bond motifs is 1. The second-order valence-electron chi connectivity index (χ2n) is 4.83. The van der Waals surface area contributed by atoms with Crippen LogP contribution < -0.4 is 5.32 Å². The molecule has 2 aromatic rings. The van der Waals surface area contributed by atoms with E-state index in [1.807, 2.05) is 18.2 Å². The number of imidazole rings is 1. The molecule has 4 heteroatoms. The smallest absolute Gasteiger partial charge is 0.121 e. The van der Waals surface area contributed by atoms with Crippen molar-refractivity contribution in [1.82, 2.24) is 15.3 Å². The molecule has 0 aliphatic heterocycles. The lowest BCUT2D eigenvalue weighted by molar-refractivity contribution is -0.0103. The minimum absolute atomic E-state index is 0.461. The number of para-hydroxylation sites is 2. The molecular weight excluding hydrogens is 226 g/mol. The van der Waals surface area contributed by atoms with Gasteiger partial charge in [0.2, 0.25) is 0 Å². The van der Waals surface area contributed by atoms with Gasteiger partial charge in [0.1, 0.15) is 5.82 Å². The van der Waals surface area contributed by atoms with Crippen LogP contribution in [0.4, 0.5) is 0 Å². The van der Waals surface area contributed by atoms with Gasteiger partial charge in [-0.3, -0.25) is 0 Å². The molecule has 0 bridgehead atoms. The summed E-state index contributed by atoms with van der Waals surface area (Å²) in [5.74, 6) is 1.01. The van der Waals surface area contributed by atoms with E-state index in [0.717, 1.165) is 42.9 Å². The molecule has 2 N–H and O–H groups in total. The zero-order valence-electron chi connectivity index (χ0n) is 10.6. The summed E-state index contributed by atoms with van der Waals surface area (Å²) in [6, 6.07) is 8.70. The average molecular weight is 245 g/mol. The highest BCUT2D eigenvalue weighted by atomic mass is 16.5. The summed E-state index contributed by atoms with van der Waals surface area (Å²) < 4.78 is 5.54. The molecule has 18 heavy (non-hydrogen) atoms. The lowest BCUT2D eigenvalue weighted by Gasteiger charge is -2.35. The third-order valence-corrected chi connectivity index (χ3v) is 3.49. The van der Waals surface area contributed by atoms with Crippen molar-refractivity contribution in [3.63, 3.8) is 0 Å². The molecule has 1 aliphatic rings. The van der Waals surface area contributed by atoms with E-state index in [9.17, 15) is 0 Å². The standard InChI is InChI=1S/C14H19N3O/c1-2-18-11-7-10(8-11)15-9-14-16-12-5-3-4-6-13(12)17-14/h3-6,10-11,15H,2,7-9H2,1H3,(H,16,17). The van der Waals surface area contributed by atoms with Crippen LogP contribution in [0, 0.1) is 0 Å². The van der Waals surface area contributed by atoms with Crippen LogP contribution in [0.15, 0.2) is 24.3 Å². The highest BCUT2D eigenvalue weighted by molar-refractivity contribution is 5.74. The second-order valence-corrected chi connectivity index (χ2v) is 4.83. The average Bonchev–Trinajstić information content (AvgIpc) is 2.74. The van der Waals surface area contributed by atoms with Crippen molar-refractivity contribution in [3.05, 3.63) is 30.1 Å². The zero-order chi connectivity index (χ0) is 12.4. The third kappa shape index (κ3) is 2.40. The minimum Gasteiger partial charge on any atom is -0.378 e. The zero-order valence-corrected chi connectivity index (χ0v) is 10.6. The molecule has 0 amide bonds. The normalized spacial score (nSPS) is 23.2. The van der Waals surface area contributed by atoms with Crippen LogP contribution in [0.1, 0.15) is 25.6 Å². The number of ether oxygens (including phenoxy) is 1. The van der Waals surface area contributed by atoms with E-state index in [1.54, 1.807) is 0 Å². The van der Waals surface area contributed by atoms with E-state index in [4.69, 9.17) is 4.74 Å². The van der Waals surface area contributed by atoms with Crippen LogP contribution in [0.3, 0.4) is 0 Å². The monoisotopic (exact) mass is 245 g/mol. The molecule has 96 valence electrons. The first-order chi connectivity index (χ1) is 8.85. The predicted octanol–water partition coefficient (Wildman–Crippen LogP) is 2.22. The van der Waals surface area contributed by atoms with Gasteiger partial charge in [0.15, 0.2) is 0 Å². The SMILES string of the molecule is CCOC1CC(NCc2nc3ccccc3[nH]2)C1. The molecule has 0 spiro atoms. The third-order valence-electron chi connectivity index (χ3n) is 3.49. The first-order valence-corrected chi connectivity index (χ1v) is 6.63. The first kappa shape index (κ1) is 11.7. The van der Waals surface area contributed by atoms with E-state index in [2.05, 4.69) is 28.3 Å². The number of H-pyrrole nitrogens is 1. The Labute approximate surface area is 107 Å². The molecule has 0 atom stereocenters. The number of nitrogens with one attached hydrogen (secondary N) is 2. The van der Waals surface area contributed by atoms with E-state index >= 15 is 0 Å². The summed E-state index contributed by atoms with van der Waals surface area (Å²) in [5.41, 5.74) is 2.14. The number of aromatic nitrogens is 2. The van der Waals surface area contributed by atoms with Crippen LogP contribution in [0.5, 0.6) is 0 Å². The molecule has 4 nitrogen and oxygen atoms in total. The Balaban J connectivity index is 1.52. The van der Waals surface area contributed by atoms with Gasteiger partial charge < -0.3 is 15.0 Å². The molecule has 0 unspecified atom stereocenters. The first-order valence-electron chi connectivity index (χ1n) is 6.63. The van der Waals surface area contributed by atoms with E-state index < -0.39 is 0 Å². The van der Waals surface area contributed by atoms with Crippen molar-refractivity contribution in [2.75, 3.05) is 6.61 Å².